The summed E-state index contributed by atoms with van der Waals surface area (Å²) in [6, 6.07) is 3.16. The Morgan fingerprint density at radius 3 is 2.72 bits per heavy atom. The van der Waals surface area contributed by atoms with E-state index in [1.54, 1.807) is 6.20 Å². The number of nitrogens with zero attached hydrogens (tertiary/aromatic N) is 5. The minimum absolute atomic E-state index is 0.0318. The van der Waals surface area contributed by atoms with Crippen LogP contribution < -0.4 is 0 Å². The summed E-state index contributed by atoms with van der Waals surface area (Å²) in [5.41, 5.74) is 3.66. The number of amides is 1. The highest BCUT2D eigenvalue weighted by Crippen LogP contribution is 2.44. The van der Waals surface area contributed by atoms with E-state index in [4.69, 9.17) is 9.47 Å². The third kappa shape index (κ3) is 4.90. The second-order valence-corrected chi connectivity index (χ2v) is 18.9. The lowest BCUT2D eigenvalue weighted by Crippen LogP contribution is -2.35. The molecule has 1 aliphatic heterocycles. The minimum Gasteiger partial charge on any atom is -0.447 e. The number of sulfonamides is 1. The Balaban J connectivity index is 1.35. The summed E-state index contributed by atoms with van der Waals surface area (Å²) < 4.78 is 41.5. The largest absolute Gasteiger partial charge is 0.447 e. The lowest BCUT2D eigenvalue weighted by atomic mass is 9.95. The zero-order chi connectivity index (χ0) is 25.7. The van der Waals surface area contributed by atoms with Gasteiger partial charge in [-0.05, 0) is 36.8 Å². The Hall–Kier alpha value is -2.44. The third-order valence-electron chi connectivity index (χ3n) is 7.36. The van der Waals surface area contributed by atoms with Crippen LogP contribution in [0, 0.1) is 11.8 Å². The first-order valence-electron chi connectivity index (χ1n) is 12.6. The van der Waals surface area contributed by atoms with Crippen molar-refractivity contribution in [3.8, 4) is 0 Å². The van der Waals surface area contributed by atoms with E-state index in [2.05, 4.69) is 40.9 Å². The summed E-state index contributed by atoms with van der Waals surface area (Å²) in [6.07, 6.45) is 6.42. The number of hydrogen-bond donors (Lipinski definition) is 0. The first-order chi connectivity index (χ1) is 17.0. The molecule has 0 N–H and O–H groups in total. The van der Waals surface area contributed by atoms with Crippen molar-refractivity contribution in [2.24, 2.45) is 11.8 Å². The summed E-state index contributed by atoms with van der Waals surface area (Å²) >= 11 is 0. The minimum atomic E-state index is -3.69. The van der Waals surface area contributed by atoms with Gasteiger partial charge >= 0.3 is 6.09 Å². The van der Waals surface area contributed by atoms with Gasteiger partial charge in [-0.15, -0.1) is 0 Å². The highest BCUT2D eigenvalue weighted by molar-refractivity contribution is 7.89. The van der Waals surface area contributed by atoms with E-state index < -0.39 is 24.2 Å². The molecule has 3 atom stereocenters. The summed E-state index contributed by atoms with van der Waals surface area (Å²) in [6.45, 7) is 10.6. The molecule has 0 radical (unpaired) electrons. The Labute approximate surface area is 212 Å². The van der Waals surface area contributed by atoms with Crippen molar-refractivity contribution in [1.29, 1.82) is 0 Å². The van der Waals surface area contributed by atoms with Gasteiger partial charge in [-0.1, -0.05) is 26.6 Å². The molecule has 4 heterocycles. The van der Waals surface area contributed by atoms with Gasteiger partial charge < -0.3 is 14.0 Å². The van der Waals surface area contributed by atoms with Crippen LogP contribution in [0.25, 0.3) is 16.8 Å². The highest BCUT2D eigenvalue weighted by atomic mass is 32.2. The molecule has 3 aromatic rings. The predicted molar refractivity (Wildman–Crippen MR) is 139 cm³/mol. The number of cyclic esters (lactones) is 1. The molecule has 10 nitrogen and oxygen atoms in total. The topological polar surface area (TPSA) is 108 Å². The molecule has 5 rings (SSSR count). The van der Waals surface area contributed by atoms with Crippen molar-refractivity contribution >= 4 is 41.0 Å². The van der Waals surface area contributed by atoms with Crippen LogP contribution in [0.1, 0.15) is 31.4 Å². The van der Waals surface area contributed by atoms with Gasteiger partial charge in [0.1, 0.15) is 13.3 Å². The van der Waals surface area contributed by atoms with Crippen LogP contribution in [0.3, 0.4) is 0 Å². The second-order valence-electron chi connectivity index (χ2n) is 11.4. The molecular formula is C24H35N5O5SSi. The average Bonchev–Trinajstić information content (AvgIpc) is 3.56. The molecule has 1 saturated carbocycles. The van der Waals surface area contributed by atoms with Crippen molar-refractivity contribution in [1.82, 2.24) is 23.2 Å². The Morgan fingerprint density at radius 2 is 2.00 bits per heavy atom. The van der Waals surface area contributed by atoms with Crippen molar-refractivity contribution in [2.75, 3.05) is 25.5 Å². The molecule has 1 aliphatic carbocycles. The number of ether oxygens (including phenoxy) is 2. The zero-order valence-corrected chi connectivity index (χ0v) is 23.2. The van der Waals surface area contributed by atoms with Gasteiger partial charge in [0.05, 0.1) is 24.0 Å². The molecule has 12 heteroatoms. The number of fused-ring (bicyclic) bond motifs is 3. The normalized spacial score (nSPS) is 23.3. The van der Waals surface area contributed by atoms with Crippen LogP contribution >= 0.6 is 0 Å². The first-order valence-corrected chi connectivity index (χ1v) is 17.9. The van der Waals surface area contributed by atoms with Gasteiger partial charge in [-0.3, -0.25) is 4.40 Å². The molecule has 0 spiro atoms. The zero-order valence-electron chi connectivity index (χ0n) is 21.4. The second kappa shape index (κ2) is 9.46. The molecular weight excluding hydrogens is 498 g/mol. The Bertz CT molecular complexity index is 1380. The molecule has 0 aromatic carbocycles. The van der Waals surface area contributed by atoms with Crippen LogP contribution in [0.4, 0.5) is 4.79 Å². The molecule has 196 valence electrons. The van der Waals surface area contributed by atoms with Crippen LogP contribution in [0.5, 0.6) is 0 Å². The number of hydrogen-bond acceptors (Lipinski definition) is 7. The monoisotopic (exact) mass is 533 g/mol. The molecule has 2 unspecified atom stereocenters. The third-order valence-corrected chi connectivity index (χ3v) is 11.0. The van der Waals surface area contributed by atoms with Crippen molar-refractivity contribution in [3.63, 3.8) is 0 Å². The Morgan fingerprint density at radius 1 is 1.19 bits per heavy atom. The lowest BCUT2D eigenvalue weighted by Gasteiger charge is -2.17. The standard InChI is InChI=1S/C24H35N5O5SSi/c1-17-11-18(15-35(31,32)28-7-8-34-24(28)30)12-19(17)21-13-25-22-14-26-23-20(29(21)22)5-6-27(23)16-33-9-10-36(2,3)4/h5-6,13-14,17-19H,7-12,15-16H2,1-4H3/t17?,18-,19?/m0/s1. The van der Waals surface area contributed by atoms with Crippen LogP contribution in [-0.4, -0.2) is 71.3 Å². The molecule has 36 heavy (non-hydrogen) atoms. The number of aromatic nitrogens is 4. The van der Waals surface area contributed by atoms with E-state index in [-0.39, 0.29) is 36.7 Å². The van der Waals surface area contributed by atoms with Gasteiger partial charge in [0.25, 0.3) is 0 Å². The lowest BCUT2D eigenvalue weighted by molar-refractivity contribution is 0.0899. The summed E-state index contributed by atoms with van der Waals surface area (Å²) in [7, 11) is -4.84. The molecule has 1 amide bonds. The average molecular weight is 534 g/mol. The number of carbonyl (C=O) groups is 1. The molecule has 0 bridgehead atoms. The molecule has 2 fully saturated rings. The van der Waals surface area contributed by atoms with Crippen molar-refractivity contribution < 1.29 is 22.7 Å². The van der Waals surface area contributed by atoms with E-state index >= 15 is 0 Å². The number of carbonyl (C=O) groups excluding carboxylic acids is 1. The fraction of sp³-hybridized carbons (Fsp3) is 0.625. The maximum atomic E-state index is 12.8. The molecule has 2 aliphatic rings. The van der Waals surface area contributed by atoms with E-state index in [9.17, 15) is 13.2 Å². The first kappa shape index (κ1) is 25.2. The maximum absolute atomic E-state index is 12.8. The SMILES string of the molecule is CC1C[C@H](CS(=O)(=O)N2CCOC2=O)CC1c1cnc2cnc3c(ccn3COCC[Si](C)(C)C)n12. The number of imidazole rings is 1. The van der Waals surface area contributed by atoms with Crippen LogP contribution in [0.15, 0.2) is 24.7 Å². The van der Waals surface area contributed by atoms with Gasteiger partial charge in [-0.2, -0.15) is 0 Å². The summed E-state index contributed by atoms with van der Waals surface area (Å²) in [5, 5.41) is 0. The molecule has 3 aromatic heterocycles. The number of rotatable bonds is 9. The van der Waals surface area contributed by atoms with Crippen LogP contribution in [0.2, 0.25) is 25.7 Å². The van der Waals surface area contributed by atoms with E-state index in [1.807, 2.05) is 23.0 Å². The highest BCUT2D eigenvalue weighted by Gasteiger charge is 2.40. The van der Waals surface area contributed by atoms with E-state index in [0.717, 1.165) is 52.3 Å². The maximum Gasteiger partial charge on any atom is 0.423 e. The van der Waals surface area contributed by atoms with Crippen LogP contribution in [-0.2, 0) is 26.2 Å². The fourth-order valence-corrected chi connectivity index (χ4v) is 7.91. The van der Waals surface area contributed by atoms with Gasteiger partial charge in [0.2, 0.25) is 10.0 Å². The quantitative estimate of drug-likeness (QED) is 0.303. The fourth-order valence-electron chi connectivity index (χ4n) is 5.47. The smallest absolute Gasteiger partial charge is 0.423 e. The van der Waals surface area contributed by atoms with Gasteiger partial charge in [-0.25, -0.2) is 27.5 Å². The Kier molecular flexibility index (Phi) is 6.62. The van der Waals surface area contributed by atoms with Crippen molar-refractivity contribution in [3.05, 3.63) is 30.4 Å². The molecule has 1 saturated heterocycles. The summed E-state index contributed by atoms with van der Waals surface area (Å²) in [5.74, 6) is 0.371. The van der Waals surface area contributed by atoms with E-state index in [0.29, 0.717) is 6.73 Å². The van der Waals surface area contributed by atoms with Gasteiger partial charge in [0, 0.05) is 38.7 Å². The van der Waals surface area contributed by atoms with Gasteiger partial charge in [0.15, 0.2) is 11.3 Å². The van der Waals surface area contributed by atoms with Crippen molar-refractivity contribution in [2.45, 2.75) is 58.1 Å². The summed E-state index contributed by atoms with van der Waals surface area (Å²) in [4.78, 5) is 21.1. The van der Waals surface area contributed by atoms with E-state index in [1.165, 1.54) is 0 Å². The predicted octanol–water partition coefficient (Wildman–Crippen LogP) is 3.91.